The molecule has 0 fully saturated rings. The highest BCUT2D eigenvalue weighted by Crippen LogP contribution is 2.33. The number of amides is 4. The van der Waals surface area contributed by atoms with E-state index in [-0.39, 0.29) is 35.8 Å². The number of pyridine rings is 1. The Hall–Kier alpha value is -5.17. The van der Waals surface area contributed by atoms with Crippen LogP contribution in [0, 0.1) is 0 Å². The topological polar surface area (TPSA) is 175 Å². The van der Waals surface area contributed by atoms with Crippen LogP contribution in [-0.4, -0.2) is 84.7 Å². The van der Waals surface area contributed by atoms with E-state index in [4.69, 9.17) is 4.74 Å². The fourth-order valence-electron chi connectivity index (χ4n) is 4.68. The summed E-state index contributed by atoms with van der Waals surface area (Å²) in [7, 11) is 1.45. The van der Waals surface area contributed by atoms with Crippen molar-refractivity contribution in [3.8, 4) is 5.75 Å². The molecule has 3 aromatic rings. The molecule has 2 heterocycles. The van der Waals surface area contributed by atoms with E-state index >= 15 is 0 Å². The number of fused-ring (bicyclic) bond motifs is 2. The summed E-state index contributed by atoms with van der Waals surface area (Å²) in [6.45, 7) is -0.546. The Bertz CT molecular complexity index is 1560. The lowest BCUT2D eigenvalue weighted by Gasteiger charge is -2.25. The lowest BCUT2D eigenvalue weighted by Crippen LogP contribution is -2.55. The van der Waals surface area contributed by atoms with Crippen LogP contribution in [0.2, 0.25) is 0 Å². The summed E-state index contributed by atoms with van der Waals surface area (Å²) >= 11 is 0. The van der Waals surface area contributed by atoms with E-state index in [1.54, 1.807) is 36.4 Å². The molecule has 1 aliphatic rings. The first-order valence-electron chi connectivity index (χ1n) is 13.0. The number of Topliss-reactive ketones (excluding diaryl/α,β-unsaturated/α-hetero) is 1. The fourth-order valence-corrected chi connectivity index (χ4v) is 4.68. The summed E-state index contributed by atoms with van der Waals surface area (Å²) in [6, 6.07) is 12.2. The molecule has 4 amide bonds. The van der Waals surface area contributed by atoms with E-state index in [2.05, 4.69) is 15.6 Å². The highest BCUT2D eigenvalue weighted by atomic mass is 16.5. The van der Waals surface area contributed by atoms with Crippen molar-refractivity contribution >= 4 is 58.0 Å². The zero-order valence-corrected chi connectivity index (χ0v) is 22.9. The van der Waals surface area contributed by atoms with Gasteiger partial charge >= 0.3 is 0 Å². The summed E-state index contributed by atoms with van der Waals surface area (Å²) in [5.41, 5.74) is 0.807. The molecule has 1 aromatic heterocycles. The Kier molecular flexibility index (Phi) is 9.22. The predicted molar refractivity (Wildman–Crippen MR) is 151 cm³/mol. The van der Waals surface area contributed by atoms with Crippen molar-refractivity contribution in [2.24, 2.45) is 0 Å². The van der Waals surface area contributed by atoms with Gasteiger partial charge in [-0.05, 0) is 31.2 Å². The fraction of sp³-hybridized carbons (Fsp3) is 0.276. The van der Waals surface area contributed by atoms with Crippen molar-refractivity contribution in [1.29, 1.82) is 0 Å². The number of nitrogens with zero attached hydrogens (tertiary/aromatic N) is 3. The van der Waals surface area contributed by atoms with Gasteiger partial charge in [-0.25, -0.2) is 4.98 Å². The van der Waals surface area contributed by atoms with Crippen LogP contribution in [0.15, 0.2) is 54.6 Å². The maximum atomic E-state index is 13.9. The molecule has 4 rings (SSSR count). The van der Waals surface area contributed by atoms with Gasteiger partial charge in [0.05, 0.1) is 36.6 Å². The second-order valence-corrected chi connectivity index (χ2v) is 9.54. The van der Waals surface area contributed by atoms with Gasteiger partial charge < -0.3 is 30.2 Å². The third kappa shape index (κ3) is 6.41. The first-order chi connectivity index (χ1) is 20.2. The molecule has 0 saturated carbocycles. The van der Waals surface area contributed by atoms with Gasteiger partial charge in [0, 0.05) is 17.9 Å². The molecular formula is C29H29N5O8. The highest BCUT2D eigenvalue weighted by molar-refractivity contribution is 6.11. The second kappa shape index (κ2) is 13.0. The number of aliphatic hydroxyl groups excluding tert-OH is 1. The van der Waals surface area contributed by atoms with Crippen molar-refractivity contribution in [2.45, 2.75) is 25.4 Å². The Labute approximate surface area is 240 Å². The van der Waals surface area contributed by atoms with Gasteiger partial charge in [-0.15, -0.1) is 0 Å². The minimum absolute atomic E-state index is 0.0532. The number of rotatable bonds is 10. The highest BCUT2D eigenvalue weighted by Gasteiger charge is 2.38. The number of carbonyl (C=O) groups excluding carboxylic acids is 6. The molecule has 3 N–H and O–H groups in total. The summed E-state index contributed by atoms with van der Waals surface area (Å²) in [4.78, 5) is 82.5. The van der Waals surface area contributed by atoms with Gasteiger partial charge in [0.2, 0.25) is 5.91 Å². The molecule has 2 aromatic carbocycles. The van der Waals surface area contributed by atoms with Crippen LogP contribution in [0.25, 0.3) is 10.9 Å². The van der Waals surface area contributed by atoms with Gasteiger partial charge in [0.15, 0.2) is 0 Å². The number of para-hydroxylation sites is 3. The molecule has 13 heteroatoms. The maximum absolute atomic E-state index is 13.9. The van der Waals surface area contributed by atoms with Crippen molar-refractivity contribution in [3.05, 3.63) is 60.3 Å². The van der Waals surface area contributed by atoms with E-state index in [9.17, 15) is 33.9 Å². The summed E-state index contributed by atoms with van der Waals surface area (Å²) in [5.74, 6) is -2.90. The Morgan fingerprint density at radius 3 is 2.48 bits per heavy atom. The van der Waals surface area contributed by atoms with Crippen molar-refractivity contribution in [1.82, 2.24) is 15.6 Å². The number of ether oxygens (including phenoxy) is 1. The van der Waals surface area contributed by atoms with E-state index < -0.39 is 48.9 Å². The molecule has 0 aliphatic carbocycles. The number of aldehydes is 1. The number of aromatic nitrogens is 1. The molecule has 0 radical (unpaired) electrons. The molecule has 13 nitrogen and oxygen atoms in total. The number of benzene rings is 2. The maximum Gasteiger partial charge on any atom is 0.270 e. The standard InChI is InChI=1S/C29H29N5O8/c1-17(37)11-18(15-35)30-26(38)14-34-24-10-6-5-9-23(24)33(27(39)16-36)13-22(29(34)41)32-28(40)21-12-25(42-2)19-7-3-4-8-20(19)31-21/h3-10,12,15,18,22,36H,11,13-14,16H2,1-2H3,(H,30,38)(H,32,40)/t18-,22-/m0/s1. The molecule has 0 bridgehead atoms. The number of hydrogen-bond acceptors (Lipinski definition) is 9. The SMILES string of the molecule is COc1cc(C(=O)N[C@H]2CN(C(=O)CO)c3ccccc3N(CC(=O)N[C@H](C=O)CC(C)=O)C2=O)nc2ccccc12. The first kappa shape index (κ1) is 29.8. The van der Waals surface area contributed by atoms with Gasteiger partial charge in [-0.1, -0.05) is 24.3 Å². The average Bonchev–Trinajstić information content (AvgIpc) is 3.10. The summed E-state index contributed by atoms with van der Waals surface area (Å²) in [6.07, 6.45) is 0.201. The van der Waals surface area contributed by atoms with Crippen molar-refractivity contribution < 1.29 is 38.6 Å². The third-order valence-electron chi connectivity index (χ3n) is 6.58. The van der Waals surface area contributed by atoms with Crippen LogP contribution in [0.1, 0.15) is 23.8 Å². The first-order valence-corrected chi connectivity index (χ1v) is 13.0. The number of nitrogens with one attached hydrogen (secondary N) is 2. The zero-order chi connectivity index (χ0) is 30.4. The van der Waals surface area contributed by atoms with E-state index in [1.165, 1.54) is 32.2 Å². The van der Waals surface area contributed by atoms with Gasteiger partial charge in [0.25, 0.3) is 17.7 Å². The number of ketones is 1. The molecule has 1 aliphatic heterocycles. The minimum Gasteiger partial charge on any atom is -0.496 e. The Balaban J connectivity index is 1.69. The zero-order valence-electron chi connectivity index (χ0n) is 22.9. The van der Waals surface area contributed by atoms with Crippen LogP contribution < -0.4 is 25.2 Å². The Morgan fingerprint density at radius 2 is 1.81 bits per heavy atom. The lowest BCUT2D eigenvalue weighted by molar-refractivity contribution is -0.127. The van der Waals surface area contributed by atoms with Crippen molar-refractivity contribution in [3.63, 3.8) is 0 Å². The molecule has 0 spiro atoms. The smallest absolute Gasteiger partial charge is 0.270 e. The summed E-state index contributed by atoms with van der Waals surface area (Å²) in [5, 5.41) is 15.4. The van der Waals surface area contributed by atoms with Crippen LogP contribution in [-0.2, 0) is 24.0 Å². The lowest BCUT2D eigenvalue weighted by atomic mass is 10.1. The van der Waals surface area contributed by atoms with Crippen LogP contribution in [0.4, 0.5) is 11.4 Å². The van der Waals surface area contributed by atoms with E-state index in [0.717, 1.165) is 9.80 Å². The number of hydrogen-bond donors (Lipinski definition) is 3. The second-order valence-electron chi connectivity index (χ2n) is 9.54. The van der Waals surface area contributed by atoms with Gasteiger partial charge in [0.1, 0.15) is 42.7 Å². The van der Waals surface area contributed by atoms with E-state index in [0.29, 0.717) is 22.9 Å². The normalized spacial score (nSPS) is 15.3. The van der Waals surface area contributed by atoms with Crippen LogP contribution in [0.5, 0.6) is 5.75 Å². The monoisotopic (exact) mass is 575 g/mol. The largest absolute Gasteiger partial charge is 0.496 e. The molecule has 42 heavy (non-hydrogen) atoms. The van der Waals surface area contributed by atoms with E-state index in [1.807, 2.05) is 0 Å². The Morgan fingerprint density at radius 1 is 1.12 bits per heavy atom. The quantitative estimate of drug-likeness (QED) is 0.289. The van der Waals surface area contributed by atoms with Gasteiger partial charge in [-0.3, -0.25) is 28.9 Å². The predicted octanol–water partition coefficient (Wildman–Crippen LogP) is 0.377. The molecule has 218 valence electrons. The van der Waals surface area contributed by atoms with Crippen LogP contribution in [0.3, 0.4) is 0 Å². The third-order valence-corrected chi connectivity index (χ3v) is 6.58. The molecule has 0 saturated heterocycles. The number of anilines is 2. The number of methoxy groups -OCH3 is 1. The average molecular weight is 576 g/mol. The van der Waals surface area contributed by atoms with Gasteiger partial charge in [-0.2, -0.15) is 0 Å². The number of carbonyl (C=O) groups is 6. The molecule has 2 atom stereocenters. The molecule has 0 unspecified atom stereocenters. The summed E-state index contributed by atoms with van der Waals surface area (Å²) < 4.78 is 5.41. The van der Waals surface area contributed by atoms with Crippen LogP contribution >= 0.6 is 0 Å². The van der Waals surface area contributed by atoms with Crippen molar-refractivity contribution in [2.75, 3.05) is 36.6 Å². The number of aliphatic hydroxyl groups is 1. The minimum atomic E-state index is -1.37. The molecular weight excluding hydrogens is 546 g/mol.